The summed E-state index contributed by atoms with van der Waals surface area (Å²) in [5.74, 6) is -0.0498. The van der Waals surface area contributed by atoms with Gasteiger partial charge in [0.1, 0.15) is 5.75 Å². The lowest BCUT2D eigenvalue weighted by molar-refractivity contribution is -0.136. The van der Waals surface area contributed by atoms with Crippen molar-refractivity contribution in [2.75, 3.05) is 6.61 Å². The third kappa shape index (κ3) is 7.40. The zero-order valence-electron chi connectivity index (χ0n) is 18.2. The Labute approximate surface area is 189 Å². The molecule has 0 heterocycles. The number of allylic oxidation sites excluding steroid dienone is 1. The molecule has 0 bridgehead atoms. The molecule has 0 aliphatic heterocycles. The summed E-state index contributed by atoms with van der Waals surface area (Å²) >= 11 is 0. The standard InChI is InChI=1S/C28H30O4/c29-26(21-22-11-3-1-4-12-22)25-16-8-6-14-23(25)13-5-2-10-20-32-27-17-9-7-15-24(27)18-19-28(30)31/h1,3-9,11-17,26,29H,2,10,18-21H2,(H,30,31)/b13-5+. The molecule has 0 radical (unpaired) electrons. The van der Waals surface area contributed by atoms with Gasteiger partial charge in [0.05, 0.1) is 12.7 Å². The largest absolute Gasteiger partial charge is 0.493 e. The molecule has 4 nitrogen and oxygen atoms in total. The van der Waals surface area contributed by atoms with E-state index in [9.17, 15) is 9.90 Å². The highest BCUT2D eigenvalue weighted by Crippen LogP contribution is 2.23. The first-order valence-electron chi connectivity index (χ1n) is 11.0. The maximum absolute atomic E-state index is 10.8. The third-order valence-electron chi connectivity index (χ3n) is 5.28. The molecule has 3 rings (SSSR count). The van der Waals surface area contributed by atoms with E-state index in [0.717, 1.165) is 40.8 Å². The van der Waals surface area contributed by atoms with E-state index in [-0.39, 0.29) is 6.42 Å². The number of aliphatic hydroxyl groups is 1. The minimum Gasteiger partial charge on any atom is -0.493 e. The lowest BCUT2D eigenvalue weighted by atomic mass is 9.96. The van der Waals surface area contributed by atoms with Gasteiger partial charge in [-0.15, -0.1) is 0 Å². The topological polar surface area (TPSA) is 66.8 Å². The summed E-state index contributed by atoms with van der Waals surface area (Å²) < 4.78 is 5.88. The van der Waals surface area contributed by atoms with Crippen molar-refractivity contribution in [1.82, 2.24) is 0 Å². The van der Waals surface area contributed by atoms with Crippen LogP contribution in [0, 0.1) is 0 Å². The van der Waals surface area contributed by atoms with E-state index in [1.807, 2.05) is 78.9 Å². The number of benzene rings is 3. The molecule has 0 saturated heterocycles. The predicted molar refractivity (Wildman–Crippen MR) is 128 cm³/mol. The number of aliphatic carboxylic acids is 1. The summed E-state index contributed by atoms with van der Waals surface area (Å²) in [6.07, 6.45) is 6.45. The Morgan fingerprint density at radius 2 is 1.66 bits per heavy atom. The summed E-state index contributed by atoms with van der Waals surface area (Å²) in [6.45, 7) is 0.562. The van der Waals surface area contributed by atoms with Crippen LogP contribution in [0.4, 0.5) is 0 Å². The van der Waals surface area contributed by atoms with Gasteiger partial charge in [-0.25, -0.2) is 0 Å². The highest BCUT2D eigenvalue weighted by atomic mass is 16.5. The van der Waals surface area contributed by atoms with Gasteiger partial charge in [0.25, 0.3) is 0 Å². The first-order valence-corrected chi connectivity index (χ1v) is 11.0. The van der Waals surface area contributed by atoms with E-state index >= 15 is 0 Å². The summed E-state index contributed by atoms with van der Waals surface area (Å²) in [5, 5.41) is 19.6. The molecular weight excluding hydrogens is 400 g/mol. The number of hydrogen-bond donors (Lipinski definition) is 2. The van der Waals surface area contributed by atoms with Gasteiger partial charge in [0, 0.05) is 12.8 Å². The fourth-order valence-corrected chi connectivity index (χ4v) is 3.60. The fraction of sp³-hybridized carbons (Fsp3) is 0.250. The van der Waals surface area contributed by atoms with Crippen LogP contribution >= 0.6 is 0 Å². The number of unbranched alkanes of at least 4 members (excludes halogenated alkanes) is 1. The predicted octanol–water partition coefficient (Wildman–Crippen LogP) is 5.85. The van der Waals surface area contributed by atoms with E-state index < -0.39 is 12.1 Å². The van der Waals surface area contributed by atoms with Gasteiger partial charge in [-0.3, -0.25) is 4.79 Å². The Bertz CT molecular complexity index is 1010. The van der Waals surface area contributed by atoms with E-state index in [0.29, 0.717) is 19.4 Å². The normalized spacial score (nSPS) is 12.0. The smallest absolute Gasteiger partial charge is 0.303 e. The summed E-state index contributed by atoms with van der Waals surface area (Å²) in [4.78, 5) is 10.8. The van der Waals surface area contributed by atoms with Crippen LogP contribution in [-0.2, 0) is 17.6 Å². The molecule has 4 heteroatoms. The molecule has 0 aliphatic carbocycles. The number of rotatable bonds is 12. The first-order chi connectivity index (χ1) is 15.6. The average molecular weight is 431 g/mol. The second-order valence-electron chi connectivity index (χ2n) is 7.73. The summed E-state index contributed by atoms with van der Waals surface area (Å²) in [5.41, 5.74) is 3.98. The molecule has 166 valence electrons. The van der Waals surface area contributed by atoms with Crippen LogP contribution in [0.3, 0.4) is 0 Å². The molecule has 0 spiro atoms. The van der Waals surface area contributed by atoms with Crippen molar-refractivity contribution < 1.29 is 19.7 Å². The second kappa shape index (κ2) is 12.5. The van der Waals surface area contributed by atoms with Gasteiger partial charge < -0.3 is 14.9 Å². The van der Waals surface area contributed by atoms with Gasteiger partial charge in [0.15, 0.2) is 0 Å². The van der Waals surface area contributed by atoms with Crippen LogP contribution in [-0.4, -0.2) is 22.8 Å². The quantitative estimate of drug-likeness (QED) is 0.354. The Morgan fingerprint density at radius 1 is 0.938 bits per heavy atom. The summed E-state index contributed by atoms with van der Waals surface area (Å²) in [6, 6.07) is 25.5. The van der Waals surface area contributed by atoms with Crippen LogP contribution in [0.5, 0.6) is 5.75 Å². The minimum atomic E-state index is -0.806. The number of aliphatic hydroxyl groups excluding tert-OH is 1. The number of carbonyl (C=O) groups is 1. The monoisotopic (exact) mass is 430 g/mol. The molecular formula is C28H30O4. The van der Waals surface area contributed by atoms with Crippen molar-refractivity contribution in [3.05, 3.63) is 107 Å². The van der Waals surface area contributed by atoms with Crippen LogP contribution in [0.1, 0.15) is 47.6 Å². The number of hydrogen-bond acceptors (Lipinski definition) is 3. The molecule has 1 unspecified atom stereocenters. The van der Waals surface area contributed by atoms with Crippen LogP contribution in [0.15, 0.2) is 84.9 Å². The van der Waals surface area contributed by atoms with Crippen molar-refractivity contribution >= 4 is 12.0 Å². The molecule has 0 saturated carbocycles. The van der Waals surface area contributed by atoms with Gasteiger partial charge in [0.2, 0.25) is 0 Å². The molecule has 3 aromatic rings. The van der Waals surface area contributed by atoms with E-state index in [2.05, 4.69) is 12.2 Å². The van der Waals surface area contributed by atoms with Crippen molar-refractivity contribution in [2.45, 2.75) is 38.2 Å². The van der Waals surface area contributed by atoms with Crippen molar-refractivity contribution in [1.29, 1.82) is 0 Å². The second-order valence-corrected chi connectivity index (χ2v) is 7.73. The number of para-hydroxylation sites is 1. The van der Waals surface area contributed by atoms with E-state index in [4.69, 9.17) is 9.84 Å². The van der Waals surface area contributed by atoms with Crippen LogP contribution in [0.25, 0.3) is 6.08 Å². The molecule has 32 heavy (non-hydrogen) atoms. The van der Waals surface area contributed by atoms with Crippen molar-refractivity contribution in [3.63, 3.8) is 0 Å². The minimum absolute atomic E-state index is 0.0959. The Hall–Kier alpha value is -3.37. The molecule has 3 aromatic carbocycles. The molecule has 0 amide bonds. The van der Waals surface area contributed by atoms with E-state index in [1.165, 1.54) is 0 Å². The molecule has 1 atom stereocenters. The number of ether oxygens (including phenoxy) is 1. The average Bonchev–Trinajstić information content (AvgIpc) is 2.81. The van der Waals surface area contributed by atoms with Crippen LogP contribution < -0.4 is 4.74 Å². The Morgan fingerprint density at radius 3 is 2.47 bits per heavy atom. The first kappa shape index (κ1) is 23.3. The lowest BCUT2D eigenvalue weighted by Gasteiger charge is -2.14. The van der Waals surface area contributed by atoms with Gasteiger partial charge in [-0.1, -0.05) is 84.9 Å². The third-order valence-corrected chi connectivity index (χ3v) is 5.28. The van der Waals surface area contributed by atoms with Gasteiger partial charge in [-0.05, 0) is 47.6 Å². The number of aryl methyl sites for hydroxylation is 1. The fourth-order valence-electron chi connectivity index (χ4n) is 3.60. The molecule has 0 fully saturated rings. The Kier molecular flexibility index (Phi) is 9.08. The molecule has 2 N–H and O–H groups in total. The number of carboxylic acid groups (broad SMARTS) is 1. The lowest BCUT2D eigenvalue weighted by Crippen LogP contribution is -2.03. The Balaban J connectivity index is 1.50. The zero-order chi connectivity index (χ0) is 22.6. The molecule has 0 aliphatic rings. The summed E-state index contributed by atoms with van der Waals surface area (Å²) in [7, 11) is 0. The van der Waals surface area contributed by atoms with Crippen LogP contribution in [0.2, 0.25) is 0 Å². The maximum atomic E-state index is 10.8. The SMILES string of the molecule is O=C(O)CCc1ccccc1OCCC/C=C/c1ccccc1C(O)Cc1ccccc1. The molecule has 0 aromatic heterocycles. The van der Waals surface area contributed by atoms with Gasteiger partial charge >= 0.3 is 5.97 Å². The highest BCUT2D eigenvalue weighted by Gasteiger charge is 2.11. The maximum Gasteiger partial charge on any atom is 0.303 e. The van der Waals surface area contributed by atoms with Crippen molar-refractivity contribution in [3.8, 4) is 5.75 Å². The highest BCUT2D eigenvalue weighted by molar-refractivity contribution is 5.67. The van der Waals surface area contributed by atoms with Gasteiger partial charge in [-0.2, -0.15) is 0 Å². The van der Waals surface area contributed by atoms with E-state index in [1.54, 1.807) is 0 Å². The zero-order valence-corrected chi connectivity index (χ0v) is 18.2. The van der Waals surface area contributed by atoms with Crippen molar-refractivity contribution in [2.24, 2.45) is 0 Å². The number of carboxylic acids is 1.